The Hall–Kier alpha value is -0.220. The van der Waals surface area contributed by atoms with Crippen molar-refractivity contribution in [3.8, 4) is 0 Å². The number of rotatable bonds is 2. The van der Waals surface area contributed by atoms with Gasteiger partial charge in [0.15, 0.2) is 0 Å². The van der Waals surface area contributed by atoms with E-state index in [1.807, 2.05) is 27.7 Å². The summed E-state index contributed by atoms with van der Waals surface area (Å²) in [4.78, 5) is 10.9. The molecule has 2 atom stereocenters. The van der Waals surface area contributed by atoms with Crippen molar-refractivity contribution in [2.24, 2.45) is 0 Å². The summed E-state index contributed by atoms with van der Waals surface area (Å²) in [6.45, 7) is 8.09. The molecule has 1 heterocycles. The second kappa shape index (κ2) is 3.17. The first-order valence-electron chi connectivity index (χ1n) is 4.51. The van der Waals surface area contributed by atoms with E-state index >= 15 is 0 Å². The van der Waals surface area contributed by atoms with Gasteiger partial charge < -0.3 is 5.11 Å². The lowest BCUT2D eigenvalue weighted by atomic mass is 9.98. The fourth-order valence-electron chi connectivity index (χ4n) is 1.77. The summed E-state index contributed by atoms with van der Waals surface area (Å²) < 4.78 is -0.185. The Bertz CT molecular complexity index is 230. The summed E-state index contributed by atoms with van der Waals surface area (Å²) in [6.07, 6.45) is 0.866. The number of nitrogens with one attached hydrogen (secondary N) is 1. The van der Waals surface area contributed by atoms with Crippen molar-refractivity contribution in [1.82, 2.24) is 5.32 Å². The van der Waals surface area contributed by atoms with Crippen LogP contribution in [-0.2, 0) is 4.79 Å². The minimum atomic E-state index is -0.748. The Morgan fingerprint density at radius 3 is 2.38 bits per heavy atom. The smallest absolute Gasteiger partial charge is 0.322 e. The maximum Gasteiger partial charge on any atom is 0.322 e. The van der Waals surface area contributed by atoms with E-state index in [4.69, 9.17) is 5.11 Å². The highest BCUT2D eigenvalue weighted by atomic mass is 32.2. The lowest BCUT2D eigenvalue weighted by molar-refractivity contribution is -0.140. The molecule has 0 unspecified atom stereocenters. The van der Waals surface area contributed by atoms with Crippen molar-refractivity contribution in [3.05, 3.63) is 0 Å². The molecule has 76 valence electrons. The number of thioether (sulfide) groups is 1. The van der Waals surface area contributed by atoms with Gasteiger partial charge in [-0.3, -0.25) is 10.1 Å². The summed E-state index contributed by atoms with van der Waals surface area (Å²) in [5, 5.41) is 12.2. The van der Waals surface area contributed by atoms with Gasteiger partial charge in [-0.05, 0) is 27.2 Å². The molecule has 1 saturated heterocycles. The molecule has 0 spiro atoms. The third kappa shape index (κ3) is 1.99. The lowest BCUT2D eigenvalue weighted by Gasteiger charge is -2.25. The van der Waals surface area contributed by atoms with E-state index in [1.54, 1.807) is 11.8 Å². The minimum absolute atomic E-state index is 0.131. The van der Waals surface area contributed by atoms with Crippen LogP contribution in [0.15, 0.2) is 0 Å². The van der Waals surface area contributed by atoms with Gasteiger partial charge in [0, 0.05) is 4.75 Å². The molecule has 1 aliphatic rings. The molecule has 1 fully saturated rings. The number of hydrogen-bond donors (Lipinski definition) is 2. The van der Waals surface area contributed by atoms with Crippen LogP contribution in [-0.4, -0.2) is 26.7 Å². The van der Waals surface area contributed by atoms with Gasteiger partial charge in [-0.25, -0.2) is 0 Å². The molecular weight excluding hydrogens is 186 g/mol. The monoisotopic (exact) mass is 203 g/mol. The fourth-order valence-corrected chi connectivity index (χ4v) is 3.54. The van der Waals surface area contributed by atoms with Gasteiger partial charge in [0.2, 0.25) is 0 Å². The first-order chi connectivity index (χ1) is 5.81. The first-order valence-corrected chi connectivity index (χ1v) is 5.33. The van der Waals surface area contributed by atoms with Crippen LogP contribution in [0, 0.1) is 0 Å². The van der Waals surface area contributed by atoms with Gasteiger partial charge in [0.1, 0.15) is 6.04 Å². The molecule has 0 aromatic heterocycles. The molecule has 0 radical (unpaired) electrons. The van der Waals surface area contributed by atoms with E-state index in [-0.39, 0.29) is 9.62 Å². The highest BCUT2D eigenvalue weighted by molar-refractivity contribution is 8.02. The van der Waals surface area contributed by atoms with Crippen molar-refractivity contribution in [2.45, 2.75) is 49.8 Å². The Morgan fingerprint density at radius 1 is 1.54 bits per heavy atom. The molecule has 13 heavy (non-hydrogen) atoms. The van der Waals surface area contributed by atoms with Gasteiger partial charge in [0.25, 0.3) is 0 Å². The van der Waals surface area contributed by atoms with Crippen LogP contribution < -0.4 is 5.32 Å². The molecule has 0 bridgehead atoms. The lowest BCUT2D eigenvalue weighted by Crippen LogP contribution is -2.47. The molecule has 0 saturated carbocycles. The second-order valence-electron chi connectivity index (χ2n) is 4.19. The maximum atomic E-state index is 11.0. The summed E-state index contributed by atoms with van der Waals surface area (Å²) >= 11 is 1.71. The average Bonchev–Trinajstić information content (AvgIpc) is 2.22. The van der Waals surface area contributed by atoms with Gasteiger partial charge >= 0.3 is 5.97 Å². The molecule has 1 rings (SSSR count). The van der Waals surface area contributed by atoms with Crippen LogP contribution in [0.3, 0.4) is 0 Å². The molecule has 3 nitrogen and oxygen atoms in total. The van der Waals surface area contributed by atoms with Crippen LogP contribution in [0.25, 0.3) is 0 Å². The topological polar surface area (TPSA) is 49.3 Å². The summed E-state index contributed by atoms with van der Waals surface area (Å²) in [5.41, 5.74) is 0. The Kier molecular flexibility index (Phi) is 2.65. The Balaban J connectivity index is 2.90. The molecule has 4 heteroatoms. The van der Waals surface area contributed by atoms with E-state index in [9.17, 15) is 4.79 Å². The molecule has 1 aliphatic heterocycles. The number of aliphatic carboxylic acids is 1. The van der Waals surface area contributed by atoms with Gasteiger partial charge in [-0.1, -0.05) is 6.92 Å². The second-order valence-corrected chi connectivity index (χ2v) is 6.35. The van der Waals surface area contributed by atoms with E-state index in [0.29, 0.717) is 0 Å². The Morgan fingerprint density at radius 2 is 2.08 bits per heavy atom. The minimum Gasteiger partial charge on any atom is -0.480 e. The first kappa shape index (κ1) is 10.9. The predicted octanol–water partition coefficient (Wildman–Crippen LogP) is 1.68. The van der Waals surface area contributed by atoms with E-state index in [0.717, 1.165) is 6.42 Å². The molecule has 0 aliphatic carbocycles. The highest BCUT2D eigenvalue weighted by Gasteiger charge is 2.50. The van der Waals surface area contributed by atoms with Crippen LogP contribution in [0.2, 0.25) is 0 Å². The van der Waals surface area contributed by atoms with E-state index < -0.39 is 12.0 Å². The van der Waals surface area contributed by atoms with Gasteiger partial charge in [-0.15, -0.1) is 11.8 Å². The SMILES string of the molecule is CC[C@]1(C)SC(C)(C)N[C@H]1C(=O)O. The number of carboxylic acids is 1. The predicted molar refractivity (Wildman–Crippen MR) is 54.9 cm³/mol. The maximum absolute atomic E-state index is 11.0. The van der Waals surface area contributed by atoms with Crippen LogP contribution in [0.4, 0.5) is 0 Å². The normalized spacial score (nSPS) is 37.7. The largest absolute Gasteiger partial charge is 0.480 e. The fraction of sp³-hybridized carbons (Fsp3) is 0.889. The molecule has 0 amide bonds. The van der Waals surface area contributed by atoms with Crippen molar-refractivity contribution < 1.29 is 9.90 Å². The third-order valence-electron chi connectivity index (χ3n) is 2.54. The Labute approximate surface area is 83.3 Å². The zero-order chi connectivity index (χ0) is 10.3. The van der Waals surface area contributed by atoms with Crippen molar-refractivity contribution in [3.63, 3.8) is 0 Å². The van der Waals surface area contributed by atoms with E-state index in [2.05, 4.69) is 5.32 Å². The van der Waals surface area contributed by atoms with E-state index in [1.165, 1.54) is 0 Å². The molecule has 2 N–H and O–H groups in total. The van der Waals surface area contributed by atoms with Crippen molar-refractivity contribution in [2.75, 3.05) is 0 Å². The number of hydrogen-bond acceptors (Lipinski definition) is 3. The standard InChI is InChI=1S/C9H17NO2S/c1-5-9(4)6(7(11)12)10-8(2,3)13-9/h6,10H,5H2,1-4H3,(H,11,12)/t6-,9-/m0/s1. The van der Waals surface area contributed by atoms with Crippen molar-refractivity contribution in [1.29, 1.82) is 0 Å². The quantitative estimate of drug-likeness (QED) is 0.717. The summed E-state index contributed by atoms with van der Waals surface area (Å²) in [5.74, 6) is -0.748. The van der Waals surface area contributed by atoms with Crippen molar-refractivity contribution >= 4 is 17.7 Å². The summed E-state index contributed by atoms with van der Waals surface area (Å²) in [7, 11) is 0. The number of carboxylic acid groups (broad SMARTS) is 1. The highest BCUT2D eigenvalue weighted by Crippen LogP contribution is 2.46. The number of carbonyl (C=O) groups is 1. The summed E-state index contributed by atoms with van der Waals surface area (Å²) in [6, 6.07) is -0.433. The van der Waals surface area contributed by atoms with Gasteiger partial charge in [0.05, 0.1) is 4.87 Å². The van der Waals surface area contributed by atoms with Crippen LogP contribution in [0.5, 0.6) is 0 Å². The molecule has 0 aromatic carbocycles. The van der Waals surface area contributed by atoms with Gasteiger partial charge in [-0.2, -0.15) is 0 Å². The molecule has 0 aromatic rings. The molecular formula is C9H17NO2S. The zero-order valence-corrected chi connectivity index (χ0v) is 9.36. The van der Waals surface area contributed by atoms with Crippen LogP contribution in [0.1, 0.15) is 34.1 Å². The average molecular weight is 203 g/mol. The zero-order valence-electron chi connectivity index (χ0n) is 8.55. The third-order valence-corrected chi connectivity index (χ3v) is 4.16. The van der Waals surface area contributed by atoms with Crippen LogP contribution >= 0.6 is 11.8 Å².